The van der Waals surface area contributed by atoms with Crippen molar-refractivity contribution in [2.75, 3.05) is 5.32 Å². The molecule has 0 saturated heterocycles. The van der Waals surface area contributed by atoms with Crippen molar-refractivity contribution in [1.82, 2.24) is 19.9 Å². The highest BCUT2D eigenvalue weighted by atomic mass is 35.5. The van der Waals surface area contributed by atoms with Crippen molar-refractivity contribution in [3.63, 3.8) is 0 Å². The first-order valence-electron chi connectivity index (χ1n) is 6.33. The number of aromatic amines is 1. The van der Waals surface area contributed by atoms with E-state index in [1.54, 1.807) is 6.33 Å². The first kappa shape index (κ1) is 12.9. The maximum Gasteiger partial charge on any atom is 0.226 e. The van der Waals surface area contributed by atoms with Crippen molar-refractivity contribution in [3.05, 3.63) is 47.0 Å². The van der Waals surface area contributed by atoms with E-state index in [1.807, 2.05) is 0 Å². The standard InChI is InChI=1S/C14H14ClN5/c1-8-3-5-10(6-4-8)9(2)18-13-11-12(17-7-16-11)19-14(15)20-13/h3-7,9H,1-2H3,(H2,16,17,18,19,20). The van der Waals surface area contributed by atoms with E-state index in [0.29, 0.717) is 11.5 Å². The summed E-state index contributed by atoms with van der Waals surface area (Å²) in [5.74, 6) is 0.658. The molecule has 0 aliphatic rings. The number of hydrogen-bond donors (Lipinski definition) is 2. The topological polar surface area (TPSA) is 66.5 Å². The van der Waals surface area contributed by atoms with Crippen molar-refractivity contribution in [3.8, 4) is 0 Å². The van der Waals surface area contributed by atoms with Gasteiger partial charge in [-0.15, -0.1) is 0 Å². The minimum Gasteiger partial charge on any atom is -0.362 e. The average molecular weight is 288 g/mol. The van der Waals surface area contributed by atoms with Gasteiger partial charge in [-0.1, -0.05) is 29.8 Å². The number of fused-ring (bicyclic) bond motifs is 1. The van der Waals surface area contributed by atoms with Crippen LogP contribution in [-0.2, 0) is 0 Å². The maximum atomic E-state index is 5.91. The van der Waals surface area contributed by atoms with E-state index in [2.05, 4.69) is 63.4 Å². The SMILES string of the molecule is Cc1ccc(C(C)Nc2nc(Cl)nc3nc[nH]c23)cc1. The molecule has 0 spiro atoms. The third-order valence-electron chi connectivity index (χ3n) is 3.19. The lowest BCUT2D eigenvalue weighted by Crippen LogP contribution is -2.09. The van der Waals surface area contributed by atoms with Crippen LogP contribution in [0.25, 0.3) is 11.2 Å². The molecule has 0 aliphatic carbocycles. The molecule has 20 heavy (non-hydrogen) atoms. The Labute approximate surface area is 121 Å². The van der Waals surface area contributed by atoms with Crippen LogP contribution in [-0.4, -0.2) is 19.9 Å². The first-order valence-corrected chi connectivity index (χ1v) is 6.71. The fourth-order valence-corrected chi connectivity index (χ4v) is 2.22. The van der Waals surface area contributed by atoms with Gasteiger partial charge >= 0.3 is 0 Å². The molecule has 3 rings (SSSR count). The Morgan fingerprint density at radius 1 is 1.20 bits per heavy atom. The van der Waals surface area contributed by atoms with Gasteiger partial charge in [0.2, 0.25) is 5.28 Å². The van der Waals surface area contributed by atoms with Crippen molar-refractivity contribution in [2.45, 2.75) is 19.9 Å². The van der Waals surface area contributed by atoms with E-state index in [4.69, 9.17) is 11.6 Å². The van der Waals surface area contributed by atoms with Gasteiger partial charge in [0.25, 0.3) is 0 Å². The summed E-state index contributed by atoms with van der Waals surface area (Å²) in [5, 5.41) is 3.52. The van der Waals surface area contributed by atoms with Gasteiger partial charge < -0.3 is 10.3 Å². The second-order valence-electron chi connectivity index (χ2n) is 4.72. The number of halogens is 1. The summed E-state index contributed by atoms with van der Waals surface area (Å²) in [7, 11) is 0. The molecule has 1 unspecified atom stereocenters. The summed E-state index contributed by atoms with van der Waals surface area (Å²) in [6.07, 6.45) is 1.58. The predicted molar refractivity (Wildman–Crippen MR) is 79.9 cm³/mol. The van der Waals surface area contributed by atoms with Gasteiger partial charge in [-0.3, -0.25) is 0 Å². The lowest BCUT2D eigenvalue weighted by atomic mass is 10.1. The lowest BCUT2D eigenvalue weighted by molar-refractivity contribution is 0.874. The van der Waals surface area contributed by atoms with Crippen molar-refractivity contribution in [1.29, 1.82) is 0 Å². The molecule has 0 bridgehead atoms. The zero-order valence-electron chi connectivity index (χ0n) is 11.2. The van der Waals surface area contributed by atoms with Crippen LogP contribution in [0.15, 0.2) is 30.6 Å². The zero-order valence-corrected chi connectivity index (χ0v) is 11.9. The van der Waals surface area contributed by atoms with E-state index in [9.17, 15) is 0 Å². The van der Waals surface area contributed by atoms with Gasteiger partial charge in [0.1, 0.15) is 5.52 Å². The number of anilines is 1. The van der Waals surface area contributed by atoms with Crippen LogP contribution in [0.4, 0.5) is 5.82 Å². The number of nitrogens with one attached hydrogen (secondary N) is 2. The molecule has 2 heterocycles. The van der Waals surface area contributed by atoms with Gasteiger partial charge in [-0.25, -0.2) is 4.98 Å². The number of hydrogen-bond acceptors (Lipinski definition) is 4. The number of benzene rings is 1. The molecule has 102 valence electrons. The Hall–Kier alpha value is -2.14. The largest absolute Gasteiger partial charge is 0.362 e. The van der Waals surface area contributed by atoms with Gasteiger partial charge in [-0.2, -0.15) is 9.97 Å². The second kappa shape index (κ2) is 5.09. The summed E-state index contributed by atoms with van der Waals surface area (Å²) in [4.78, 5) is 15.4. The molecule has 2 aromatic heterocycles. The molecule has 0 fully saturated rings. The van der Waals surface area contributed by atoms with Crippen LogP contribution in [0.5, 0.6) is 0 Å². The third-order valence-corrected chi connectivity index (χ3v) is 3.36. The number of imidazole rings is 1. The highest BCUT2D eigenvalue weighted by molar-refractivity contribution is 6.28. The molecule has 6 heteroatoms. The van der Waals surface area contributed by atoms with Gasteiger partial charge in [0.05, 0.1) is 12.4 Å². The van der Waals surface area contributed by atoms with Crippen molar-refractivity contribution < 1.29 is 0 Å². The smallest absolute Gasteiger partial charge is 0.226 e. The third kappa shape index (κ3) is 2.44. The van der Waals surface area contributed by atoms with Gasteiger partial charge in [0, 0.05) is 0 Å². The van der Waals surface area contributed by atoms with Crippen LogP contribution in [0, 0.1) is 6.92 Å². The fourth-order valence-electron chi connectivity index (χ4n) is 2.05. The number of aromatic nitrogens is 4. The number of H-pyrrole nitrogens is 1. The molecular formula is C14H14ClN5. The Balaban J connectivity index is 1.92. The molecular weight excluding hydrogens is 274 g/mol. The lowest BCUT2D eigenvalue weighted by Gasteiger charge is -2.15. The summed E-state index contributed by atoms with van der Waals surface area (Å²) >= 11 is 5.91. The Kier molecular flexibility index (Phi) is 3.28. The van der Waals surface area contributed by atoms with Gasteiger partial charge in [-0.05, 0) is 31.0 Å². The highest BCUT2D eigenvalue weighted by Crippen LogP contribution is 2.24. The quantitative estimate of drug-likeness (QED) is 0.724. The van der Waals surface area contributed by atoms with Gasteiger partial charge in [0.15, 0.2) is 11.5 Å². The molecule has 5 nitrogen and oxygen atoms in total. The van der Waals surface area contributed by atoms with Crippen LogP contribution in [0.3, 0.4) is 0 Å². The zero-order chi connectivity index (χ0) is 14.1. The Morgan fingerprint density at radius 3 is 2.70 bits per heavy atom. The van der Waals surface area contributed by atoms with Crippen LogP contribution in [0.2, 0.25) is 5.28 Å². The molecule has 0 aliphatic heterocycles. The summed E-state index contributed by atoms with van der Waals surface area (Å²) in [6.45, 7) is 4.14. The van der Waals surface area contributed by atoms with E-state index in [1.165, 1.54) is 11.1 Å². The molecule has 1 atom stereocenters. The Bertz CT molecular complexity index is 735. The van der Waals surface area contributed by atoms with Crippen LogP contribution in [0.1, 0.15) is 24.1 Å². The molecule has 2 N–H and O–H groups in total. The normalized spacial score (nSPS) is 12.6. The molecule has 0 amide bonds. The molecule has 0 radical (unpaired) electrons. The predicted octanol–water partition coefficient (Wildman–Crippen LogP) is 3.49. The van der Waals surface area contributed by atoms with E-state index in [0.717, 1.165) is 5.52 Å². The van der Waals surface area contributed by atoms with E-state index >= 15 is 0 Å². The average Bonchev–Trinajstić information content (AvgIpc) is 2.87. The summed E-state index contributed by atoms with van der Waals surface area (Å²) in [5.41, 5.74) is 3.73. The second-order valence-corrected chi connectivity index (χ2v) is 5.06. The van der Waals surface area contributed by atoms with Crippen molar-refractivity contribution in [2.24, 2.45) is 0 Å². The van der Waals surface area contributed by atoms with Crippen molar-refractivity contribution >= 4 is 28.6 Å². The molecule has 3 aromatic rings. The van der Waals surface area contributed by atoms with Crippen LogP contribution >= 0.6 is 11.6 Å². The maximum absolute atomic E-state index is 5.91. The molecule has 1 aromatic carbocycles. The van der Waals surface area contributed by atoms with E-state index < -0.39 is 0 Å². The minimum atomic E-state index is 0.105. The number of aryl methyl sites for hydroxylation is 1. The van der Waals surface area contributed by atoms with Crippen LogP contribution < -0.4 is 5.32 Å². The van der Waals surface area contributed by atoms with E-state index in [-0.39, 0.29) is 11.3 Å². The summed E-state index contributed by atoms with van der Waals surface area (Å²) in [6, 6.07) is 8.48. The minimum absolute atomic E-state index is 0.105. The number of rotatable bonds is 3. The summed E-state index contributed by atoms with van der Waals surface area (Å²) < 4.78 is 0. The monoisotopic (exact) mass is 287 g/mol. The fraction of sp³-hybridized carbons (Fsp3) is 0.214. The Morgan fingerprint density at radius 2 is 1.95 bits per heavy atom. The molecule has 0 saturated carbocycles. The first-order chi connectivity index (χ1) is 9.63. The highest BCUT2D eigenvalue weighted by Gasteiger charge is 2.12. The number of nitrogens with zero attached hydrogens (tertiary/aromatic N) is 3.